The van der Waals surface area contributed by atoms with Crippen molar-refractivity contribution in [2.24, 2.45) is 0 Å². The fourth-order valence-corrected chi connectivity index (χ4v) is 2.81. The van der Waals surface area contributed by atoms with Crippen LogP contribution in [0.1, 0.15) is 23.0 Å². The summed E-state index contributed by atoms with van der Waals surface area (Å²) in [5, 5.41) is 2.83. The van der Waals surface area contributed by atoms with Crippen molar-refractivity contribution in [2.75, 3.05) is 43.0 Å². The lowest BCUT2D eigenvalue weighted by Crippen LogP contribution is -2.49. The Labute approximate surface area is 158 Å². The van der Waals surface area contributed by atoms with E-state index >= 15 is 0 Å². The van der Waals surface area contributed by atoms with Crippen LogP contribution in [0.5, 0.6) is 0 Å². The van der Waals surface area contributed by atoms with Crippen LogP contribution in [0.4, 0.5) is 16.3 Å². The molecule has 0 unspecified atom stereocenters. The van der Waals surface area contributed by atoms with Crippen LogP contribution < -0.4 is 10.2 Å². The number of aryl methyl sites for hydroxylation is 1. The molecule has 8 heteroatoms. The molecule has 27 heavy (non-hydrogen) atoms. The van der Waals surface area contributed by atoms with Gasteiger partial charge in [-0.3, -0.25) is 4.79 Å². The number of benzene rings is 1. The number of piperazine rings is 1. The van der Waals surface area contributed by atoms with Crippen molar-refractivity contribution in [3.63, 3.8) is 0 Å². The molecule has 1 aromatic carbocycles. The summed E-state index contributed by atoms with van der Waals surface area (Å²) in [4.78, 5) is 36.3. The number of carbonyl (C=O) groups excluding carboxylic acids is 2. The molecule has 1 aliphatic heterocycles. The highest BCUT2D eigenvalue weighted by atomic mass is 16.6. The minimum Gasteiger partial charge on any atom is -0.450 e. The van der Waals surface area contributed by atoms with Crippen LogP contribution in [0, 0.1) is 6.92 Å². The molecule has 0 radical (unpaired) electrons. The van der Waals surface area contributed by atoms with Gasteiger partial charge < -0.3 is 19.9 Å². The highest BCUT2D eigenvalue weighted by molar-refractivity contribution is 6.03. The van der Waals surface area contributed by atoms with Crippen molar-refractivity contribution < 1.29 is 14.3 Å². The number of nitrogens with one attached hydrogen (secondary N) is 1. The van der Waals surface area contributed by atoms with Gasteiger partial charge in [0.15, 0.2) is 0 Å². The van der Waals surface area contributed by atoms with E-state index in [0.29, 0.717) is 50.0 Å². The predicted molar refractivity (Wildman–Crippen MR) is 102 cm³/mol. The predicted octanol–water partition coefficient (Wildman–Crippen LogP) is 2.32. The zero-order valence-electron chi connectivity index (χ0n) is 15.5. The maximum atomic E-state index is 12.5. The molecule has 0 atom stereocenters. The number of aromatic nitrogens is 2. The number of hydrogen-bond acceptors (Lipinski definition) is 6. The molecule has 3 rings (SSSR count). The van der Waals surface area contributed by atoms with Gasteiger partial charge in [0.05, 0.1) is 6.61 Å². The van der Waals surface area contributed by atoms with Crippen LogP contribution in [-0.4, -0.2) is 59.7 Å². The monoisotopic (exact) mass is 369 g/mol. The van der Waals surface area contributed by atoms with Crippen LogP contribution in [0.3, 0.4) is 0 Å². The molecule has 0 spiro atoms. The molecule has 1 saturated heterocycles. The van der Waals surface area contributed by atoms with Gasteiger partial charge >= 0.3 is 6.09 Å². The van der Waals surface area contributed by atoms with Gasteiger partial charge in [-0.25, -0.2) is 14.8 Å². The number of nitrogens with zero attached hydrogens (tertiary/aromatic N) is 4. The minimum atomic E-state index is -0.294. The van der Waals surface area contributed by atoms with Crippen LogP contribution in [0.25, 0.3) is 0 Å². The Morgan fingerprint density at radius 3 is 2.48 bits per heavy atom. The first-order valence-corrected chi connectivity index (χ1v) is 8.93. The summed E-state index contributed by atoms with van der Waals surface area (Å²) in [7, 11) is 0. The first-order valence-electron chi connectivity index (χ1n) is 8.93. The average molecular weight is 369 g/mol. The summed E-state index contributed by atoms with van der Waals surface area (Å²) < 4.78 is 5.03. The molecular weight excluding hydrogens is 346 g/mol. The summed E-state index contributed by atoms with van der Waals surface area (Å²) in [6.45, 7) is 6.48. The van der Waals surface area contributed by atoms with Crippen LogP contribution in [0.15, 0.2) is 36.7 Å². The maximum absolute atomic E-state index is 12.5. The normalized spacial score (nSPS) is 14.0. The summed E-state index contributed by atoms with van der Waals surface area (Å²) in [5.74, 6) is 0.384. The number of carbonyl (C=O) groups is 2. The Bertz CT molecular complexity index is 801. The van der Waals surface area contributed by atoms with Gasteiger partial charge in [0.25, 0.3) is 5.91 Å². The second-order valence-corrected chi connectivity index (χ2v) is 6.25. The van der Waals surface area contributed by atoms with E-state index in [-0.39, 0.29) is 12.0 Å². The lowest BCUT2D eigenvalue weighted by Gasteiger charge is -2.34. The van der Waals surface area contributed by atoms with E-state index < -0.39 is 0 Å². The zero-order valence-corrected chi connectivity index (χ0v) is 15.5. The topological polar surface area (TPSA) is 87.7 Å². The lowest BCUT2D eigenvalue weighted by atomic mass is 10.2. The van der Waals surface area contributed by atoms with E-state index in [1.54, 1.807) is 17.9 Å². The Morgan fingerprint density at radius 1 is 1.11 bits per heavy atom. The molecule has 2 aromatic rings. The van der Waals surface area contributed by atoms with E-state index in [2.05, 4.69) is 15.3 Å². The third-order valence-corrected chi connectivity index (χ3v) is 4.32. The van der Waals surface area contributed by atoms with Crippen LogP contribution in [0.2, 0.25) is 0 Å². The number of amides is 2. The summed E-state index contributed by atoms with van der Waals surface area (Å²) in [6.07, 6.45) is 1.09. The number of ether oxygens (including phenoxy) is 1. The second kappa shape index (κ2) is 8.48. The highest BCUT2D eigenvalue weighted by Gasteiger charge is 2.23. The van der Waals surface area contributed by atoms with Crippen LogP contribution >= 0.6 is 0 Å². The SMILES string of the molecule is CCOC(=O)N1CCN(c2cc(C(=O)Nc3ccc(C)cc3)ncn2)CC1. The molecule has 142 valence electrons. The minimum absolute atomic E-state index is 0.285. The van der Waals surface area contributed by atoms with Crippen molar-refractivity contribution in [1.29, 1.82) is 0 Å². The molecule has 8 nitrogen and oxygen atoms in total. The molecule has 0 saturated carbocycles. The van der Waals surface area contributed by atoms with Gasteiger partial charge in [0.2, 0.25) is 0 Å². The maximum Gasteiger partial charge on any atom is 0.409 e. The lowest BCUT2D eigenvalue weighted by molar-refractivity contribution is 0.102. The Balaban J connectivity index is 1.63. The smallest absolute Gasteiger partial charge is 0.409 e. The van der Waals surface area contributed by atoms with Crippen molar-refractivity contribution >= 4 is 23.5 Å². The molecule has 1 aliphatic rings. The zero-order chi connectivity index (χ0) is 19.2. The molecule has 1 aromatic heterocycles. The second-order valence-electron chi connectivity index (χ2n) is 6.25. The first kappa shape index (κ1) is 18.6. The van der Waals surface area contributed by atoms with E-state index in [4.69, 9.17) is 4.74 Å². The van der Waals surface area contributed by atoms with Crippen molar-refractivity contribution in [2.45, 2.75) is 13.8 Å². The van der Waals surface area contributed by atoms with E-state index in [9.17, 15) is 9.59 Å². The Hall–Kier alpha value is -3.16. The summed E-state index contributed by atoms with van der Waals surface area (Å²) in [6, 6.07) is 9.24. The fourth-order valence-electron chi connectivity index (χ4n) is 2.81. The summed E-state index contributed by atoms with van der Waals surface area (Å²) >= 11 is 0. The van der Waals surface area contributed by atoms with Gasteiger partial charge in [-0.15, -0.1) is 0 Å². The van der Waals surface area contributed by atoms with E-state index in [0.717, 1.165) is 5.56 Å². The highest BCUT2D eigenvalue weighted by Crippen LogP contribution is 2.16. The molecule has 2 heterocycles. The van der Waals surface area contributed by atoms with E-state index in [1.807, 2.05) is 36.1 Å². The molecular formula is C19H23N5O3. The van der Waals surface area contributed by atoms with Crippen molar-refractivity contribution in [3.05, 3.63) is 47.9 Å². The number of anilines is 2. The van der Waals surface area contributed by atoms with Crippen molar-refractivity contribution in [1.82, 2.24) is 14.9 Å². The molecule has 0 aliphatic carbocycles. The quantitative estimate of drug-likeness (QED) is 0.890. The van der Waals surface area contributed by atoms with Gasteiger partial charge in [-0.05, 0) is 26.0 Å². The summed E-state index contributed by atoms with van der Waals surface area (Å²) in [5.41, 5.74) is 2.14. The first-order chi connectivity index (χ1) is 13.1. The Kier molecular flexibility index (Phi) is 5.85. The van der Waals surface area contributed by atoms with Gasteiger partial charge in [-0.1, -0.05) is 17.7 Å². The fraction of sp³-hybridized carbons (Fsp3) is 0.368. The molecule has 1 N–H and O–H groups in total. The molecule has 2 amide bonds. The van der Waals surface area contributed by atoms with Gasteiger partial charge in [0, 0.05) is 37.9 Å². The van der Waals surface area contributed by atoms with Gasteiger partial charge in [0.1, 0.15) is 17.8 Å². The molecule has 0 bridgehead atoms. The largest absolute Gasteiger partial charge is 0.450 e. The average Bonchev–Trinajstić information content (AvgIpc) is 2.70. The molecule has 1 fully saturated rings. The standard InChI is InChI=1S/C19H23N5O3/c1-3-27-19(26)24-10-8-23(9-11-24)17-12-16(20-13-21-17)18(25)22-15-6-4-14(2)5-7-15/h4-7,12-13H,3,8-11H2,1-2H3,(H,22,25). The van der Waals surface area contributed by atoms with Crippen LogP contribution in [-0.2, 0) is 4.74 Å². The van der Waals surface area contributed by atoms with Crippen molar-refractivity contribution in [3.8, 4) is 0 Å². The van der Waals surface area contributed by atoms with Gasteiger partial charge in [-0.2, -0.15) is 0 Å². The number of rotatable bonds is 4. The van der Waals surface area contributed by atoms with E-state index in [1.165, 1.54) is 6.33 Å². The third kappa shape index (κ3) is 4.72. The Morgan fingerprint density at radius 2 is 1.81 bits per heavy atom. The number of hydrogen-bond donors (Lipinski definition) is 1. The third-order valence-electron chi connectivity index (χ3n) is 4.32.